The van der Waals surface area contributed by atoms with Crippen molar-refractivity contribution in [2.75, 3.05) is 0 Å². The Hall–Kier alpha value is -2.79. The molecule has 0 fully saturated rings. The molecule has 0 aliphatic rings. The average molecular weight is 361 g/mol. The summed E-state index contributed by atoms with van der Waals surface area (Å²) in [5.74, 6) is 0.860. The van der Waals surface area contributed by atoms with E-state index < -0.39 is 0 Å². The summed E-state index contributed by atoms with van der Waals surface area (Å²) in [5, 5.41) is 10.2. The largest absolute Gasteiger partial charge is 0.361 e. The highest BCUT2D eigenvalue weighted by molar-refractivity contribution is 7.03. The van der Waals surface area contributed by atoms with E-state index >= 15 is 0 Å². The molecule has 26 heavy (non-hydrogen) atoms. The van der Waals surface area contributed by atoms with Gasteiger partial charge in [-0.2, -0.15) is 0 Å². The van der Waals surface area contributed by atoms with Crippen molar-refractivity contribution in [3.05, 3.63) is 76.0 Å². The molecule has 2 aromatic heterocycles. The predicted octanol–water partition coefficient (Wildman–Crippen LogP) is 5.38. The van der Waals surface area contributed by atoms with Gasteiger partial charge in [-0.1, -0.05) is 52.1 Å². The summed E-state index contributed by atoms with van der Waals surface area (Å²) in [6.45, 7) is 6.10. The Morgan fingerprint density at radius 3 is 2.38 bits per heavy atom. The first-order valence-electron chi connectivity index (χ1n) is 8.51. The monoisotopic (exact) mass is 361 g/mol. The number of hydrogen-bond acceptors (Lipinski definition) is 5. The van der Waals surface area contributed by atoms with Crippen LogP contribution in [0.15, 0.2) is 52.4 Å². The molecule has 0 unspecified atom stereocenters. The number of rotatable bonds is 4. The van der Waals surface area contributed by atoms with Gasteiger partial charge in [0.05, 0.1) is 5.69 Å². The summed E-state index contributed by atoms with van der Waals surface area (Å²) in [6, 6.07) is 15.1. The number of aromatic nitrogens is 3. The third-order valence-electron chi connectivity index (χ3n) is 4.68. The molecule has 2 heterocycles. The van der Waals surface area contributed by atoms with Gasteiger partial charge < -0.3 is 4.52 Å². The highest BCUT2D eigenvalue weighted by Gasteiger charge is 2.13. The molecule has 4 nitrogen and oxygen atoms in total. The Kier molecular flexibility index (Phi) is 4.39. The van der Waals surface area contributed by atoms with Crippen molar-refractivity contribution in [1.29, 1.82) is 0 Å². The molecule has 5 heteroatoms. The van der Waals surface area contributed by atoms with E-state index in [2.05, 4.69) is 64.1 Å². The fourth-order valence-corrected chi connectivity index (χ4v) is 3.68. The lowest BCUT2D eigenvalue weighted by Gasteiger charge is -2.10. The molecule has 0 aliphatic heterocycles. The van der Waals surface area contributed by atoms with Crippen LogP contribution in [-0.4, -0.2) is 14.7 Å². The Balaban J connectivity index is 1.63. The van der Waals surface area contributed by atoms with E-state index in [4.69, 9.17) is 4.52 Å². The first kappa shape index (κ1) is 16.7. The maximum Gasteiger partial charge on any atom is 0.141 e. The Labute approximate surface area is 156 Å². The van der Waals surface area contributed by atoms with Crippen LogP contribution in [0.25, 0.3) is 22.4 Å². The topological polar surface area (TPSA) is 51.8 Å². The van der Waals surface area contributed by atoms with Gasteiger partial charge in [-0.05, 0) is 61.0 Å². The number of nitrogens with zero attached hydrogens (tertiary/aromatic N) is 3. The minimum Gasteiger partial charge on any atom is -0.361 e. The summed E-state index contributed by atoms with van der Waals surface area (Å²) in [7, 11) is 0. The first-order valence-corrected chi connectivity index (χ1v) is 9.34. The van der Waals surface area contributed by atoms with Gasteiger partial charge in [0.25, 0.3) is 0 Å². The highest BCUT2D eigenvalue weighted by Crippen LogP contribution is 2.29. The summed E-state index contributed by atoms with van der Waals surface area (Å²) in [5.41, 5.74) is 9.08. The molecule has 4 rings (SSSR count). The molecule has 0 amide bonds. The lowest BCUT2D eigenvalue weighted by Crippen LogP contribution is -1.94. The van der Waals surface area contributed by atoms with Gasteiger partial charge in [0.15, 0.2) is 0 Å². The smallest absolute Gasteiger partial charge is 0.141 e. The molecular formula is C21H19N3OS. The minimum absolute atomic E-state index is 0.860. The van der Waals surface area contributed by atoms with Crippen molar-refractivity contribution >= 4 is 11.5 Å². The van der Waals surface area contributed by atoms with Crippen LogP contribution in [0.4, 0.5) is 0 Å². The lowest BCUT2D eigenvalue weighted by atomic mass is 9.94. The lowest BCUT2D eigenvalue weighted by molar-refractivity contribution is 0.393. The molecule has 0 saturated carbocycles. The Morgan fingerprint density at radius 1 is 0.962 bits per heavy atom. The van der Waals surface area contributed by atoms with Crippen LogP contribution in [0.1, 0.15) is 28.1 Å². The number of hydrogen-bond donors (Lipinski definition) is 0. The van der Waals surface area contributed by atoms with Crippen molar-refractivity contribution in [3.8, 4) is 22.4 Å². The van der Waals surface area contributed by atoms with Gasteiger partial charge >= 0.3 is 0 Å². The van der Waals surface area contributed by atoms with Crippen molar-refractivity contribution < 1.29 is 4.52 Å². The van der Waals surface area contributed by atoms with E-state index in [1.807, 2.05) is 19.2 Å². The molecule has 0 atom stereocenters. The van der Waals surface area contributed by atoms with Crippen LogP contribution >= 0.6 is 11.5 Å². The second-order valence-electron chi connectivity index (χ2n) is 6.50. The van der Waals surface area contributed by atoms with E-state index in [0.29, 0.717) is 0 Å². The van der Waals surface area contributed by atoms with E-state index in [0.717, 1.165) is 40.3 Å². The summed E-state index contributed by atoms with van der Waals surface area (Å²) in [6.07, 6.45) is 0.888. The third kappa shape index (κ3) is 3.18. The molecule has 0 N–H and O–H groups in total. The van der Waals surface area contributed by atoms with Crippen molar-refractivity contribution in [1.82, 2.24) is 14.7 Å². The molecule has 0 radical (unpaired) electrons. The van der Waals surface area contributed by atoms with E-state index in [1.54, 1.807) is 0 Å². The second-order valence-corrected chi connectivity index (χ2v) is 7.11. The minimum atomic E-state index is 0.860. The third-order valence-corrected chi connectivity index (χ3v) is 5.18. The maximum absolute atomic E-state index is 5.33. The molecule has 0 bridgehead atoms. The predicted molar refractivity (Wildman–Crippen MR) is 104 cm³/mol. The first-order chi connectivity index (χ1) is 12.6. The molecule has 0 spiro atoms. The standard InChI is InChI=1S/C21H19N3OS/c1-13-4-7-18(21-14(2)23-25-15(21)3)11-19(13)10-16-5-8-17(9-6-16)20-12-26-24-22-20/h4-9,11-12H,10H2,1-3H3. The van der Waals surface area contributed by atoms with Gasteiger partial charge in [-0.25, -0.2) is 0 Å². The maximum atomic E-state index is 5.33. The van der Waals surface area contributed by atoms with Gasteiger partial charge in [0, 0.05) is 16.5 Å². The Morgan fingerprint density at radius 2 is 1.73 bits per heavy atom. The molecule has 0 saturated heterocycles. The van der Waals surface area contributed by atoms with Crippen LogP contribution in [0, 0.1) is 20.8 Å². The SMILES string of the molecule is Cc1ccc(-c2c(C)noc2C)cc1Cc1ccc(-c2csnn2)cc1. The fraction of sp³-hybridized carbons (Fsp3) is 0.190. The molecular weight excluding hydrogens is 342 g/mol. The summed E-state index contributed by atoms with van der Waals surface area (Å²) < 4.78 is 9.25. The average Bonchev–Trinajstić information content (AvgIpc) is 3.28. The summed E-state index contributed by atoms with van der Waals surface area (Å²) in [4.78, 5) is 0. The van der Waals surface area contributed by atoms with Crippen LogP contribution in [0.3, 0.4) is 0 Å². The quantitative estimate of drug-likeness (QED) is 0.490. The van der Waals surface area contributed by atoms with Gasteiger partial charge in [-0.3, -0.25) is 0 Å². The van der Waals surface area contributed by atoms with Crippen molar-refractivity contribution in [2.24, 2.45) is 0 Å². The zero-order valence-corrected chi connectivity index (χ0v) is 15.8. The van der Waals surface area contributed by atoms with E-state index in [-0.39, 0.29) is 0 Å². The van der Waals surface area contributed by atoms with Gasteiger partial charge in [0.1, 0.15) is 11.5 Å². The van der Waals surface area contributed by atoms with Gasteiger partial charge in [0.2, 0.25) is 0 Å². The van der Waals surface area contributed by atoms with Crippen LogP contribution in [0.2, 0.25) is 0 Å². The zero-order valence-electron chi connectivity index (χ0n) is 15.0. The highest BCUT2D eigenvalue weighted by atomic mass is 32.1. The zero-order chi connectivity index (χ0) is 18.1. The van der Waals surface area contributed by atoms with Crippen molar-refractivity contribution in [2.45, 2.75) is 27.2 Å². The molecule has 2 aromatic carbocycles. The van der Waals surface area contributed by atoms with Crippen LogP contribution in [-0.2, 0) is 6.42 Å². The van der Waals surface area contributed by atoms with Gasteiger partial charge in [-0.15, -0.1) is 5.10 Å². The van der Waals surface area contributed by atoms with Crippen LogP contribution < -0.4 is 0 Å². The normalized spacial score (nSPS) is 11.0. The number of benzene rings is 2. The summed E-state index contributed by atoms with van der Waals surface area (Å²) >= 11 is 1.37. The molecule has 4 aromatic rings. The molecule has 0 aliphatic carbocycles. The molecule has 130 valence electrons. The van der Waals surface area contributed by atoms with E-state index in [9.17, 15) is 0 Å². The van der Waals surface area contributed by atoms with E-state index in [1.165, 1.54) is 28.2 Å². The Bertz CT molecular complexity index is 1010. The van der Waals surface area contributed by atoms with Crippen LogP contribution in [0.5, 0.6) is 0 Å². The fourth-order valence-electron chi connectivity index (χ4n) is 3.22. The van der Waals surface area contributed by atoms with Crippen molar-refractivity contribution in [3.63, 3.8) is 0 Å². The second kappa shape index (κ2) is 6.84. The number of aryl methyl sites for hydroxylation is 3.